The van der Waals surface area contributed by atoms with Gasteiger partial charge in [0.25, 0.3) is 0 Å². The lowest BCUT2D eigenvalue weighted by molar-refractivity contribution is 0.234. The molecule has 0 bridgehead atoms. The van der Waals surface area contributed by atoms with Crippen LogP contribution in [-0.2, 0) is 6.42 Å². The summed E-state index contributed by atoms with van der Waals surface area (Å²) in [5.41, 5.74) is 1.47. The first kappa shape index (κ1) is 13.6. The van der Waals surface area contributed by atoms with Crippen LogP contribution < -0.4 is 5.32 Å². The van der Waals surface area contributed by atoms with E-state index in [-0.39, 0.29) is 0 Å². The number of unbranched alkanes of at least 4 members (excludes halogenated alkanes) is 1. The zero-order chi connectivity index (χ0) is 12.6. The van der Waals surface area contributed by atoms with Crippen LogP contribution in [0.15, 0.2) is 30.3 Å². The van der Waals surface area contributed by atoms with E-state index in [4.69, 9.17) is 0 Å². The smallest absolute Gasteiger partial charge is 0.00914 e. The van der Waals surface area contributed by atoms with Crippen molar-refractivity contribution in [3.8, 4) is 0 Å². The number of rotatable bonds is 6. The molecule has 1 heterocycles. The van der Waals surface area contributed by atoms with Crippen LogP contribution >= 0.6 is 0 Å². The lowest BCUT2D eigenvalue weighted by Gasteiger charge is -2.29. The Balaban J connectivity index is 1.51. The van der Waals surface area contributed by atoms with E-state index < -0.39 is 0 Å². The molecule has 1 aliphatic rings. The maximum absolute atomic E-state index is 3.70. The monoisotopic (exact) mass is 246 g/mol. The number of piperidine rings is 1. The quantitative estimate of drug-likeness (QED) is 0.776. The van der Waals surface area contributed by atoms with Crippen LogP contribution in [0.3, 0.4) is 0 Å². The molecule has 0 radical (unpaired) electrons. The third-order valence-electron chi connectivity index (χ3n) is 3.89. The highest BCUT2D eigenvalue weighted by Gasteiger charge is 2.15. The minimum absolute atomic E-state index is 0.762. The molecule has 0 saturated carbocycles. The summed E-state index contributed by atoms with van der Waals surface area (Å²) in [5.74, 6) is 0. The molecule has 0 aromatic heterocycles. The van der Waals surface area contributed by atoms with Gasteiger partial charge in [0.1, 0.15) is 0 Å². The van der Waals surface area contributed by atoms with Crippen LogP contribution in [0.4, 0.5) is 0 Å². The van der Waals surface area contributed by atoms with Gasteiger partial charge >= 0.3 is 0 Å². The number of benzene rings is 1. The summed E-state index contributed by atoms with van der Waals surface area (Å²) in [5, 5.41) is 3.70. The average Bonchev–Trinajstić information content (AvgIpc) is 2.42. The molecule has 1 fully saturated rings. The van der Waals surface area contributed by atoms with Gasteiger partial charge in [0, 0.05) is 6.04 Å². The fourth-order valence-corrected chi connectivity index (χ4v) is 2.62. The third kappa shape index (κ3) is 4.79. The van der Waals surface area contributed by atoms with Crippen molar-refractivity contribution in [3.63, 3.8) is 0 Å². The minimum Gasteiger partial charge on any atom is -0.314 e. The summed E-state index contributed by atoms with van der Waals surface area (Å²) in [6.45, 7) is 3.69. The Bertz CT molecular complexity index is 315. The Kier molecular flexibility index (Phi) is 5.69. The first-order chi connectivity index (χ1) is 8.84. The molecule has 2 heteroatoms. The van der Waals surface area contributed by atoms with Crippen molar-refractivity contribution in [1.29, 1.82) is 0 Å². The maximum atomic E-state index is 3.70. The Morgan fingerprint density at radius 1 is 1.11 bits per heavy atom. The van der Waals surface area contributed by atoms with Crippen LogP contribution in [0.25, 0.3) is 0 Å². The molecule has 0 amide bonds. The second-order valence-corrected chi connectivity index (χ2v) is 5.47. The Morgan fingerprint density at radius 3 is 2.56 bits per heavy atom. The molecule has 0 unspecified atom stereocenters. The van der Waals surface area contributed by atoms with Gasteiger partial charge in [0.2, 0.25) is 0 Å². The highest BCUT2D eigenvalue weighted by molar-refractivity contribution is 5.14. The summed E-state index contributed by atoms with van der Waals surface area (Å²) < 4.78 is 0. The maximum Gasteiger partial charge on any atom is 0.00914 e. The van der Waals surface area contributed by atoms with Gasteiger partial charge in [-0.1, -0.05) is 30.3 Å². The fraction of sp³-hybridized carbons (Fsp3) is 0.625. The normalized spacial score (nSPS) is 18.1. The van der Waals surface area contributed by atoms with Crippen molar-refractivity contribution < 1.29 is 0 Å². The Hall–Kier alpha value is -0.860. The van der Waals surface area contributed by atoms with E-state index in [1.807, 2.05) is 0 Å². The summed E-state index contributed by atoms with van der Waals surface area (Å²) >= 11 is 0. The van der Waals surface area contributed by atoms with Crippen LogP contribution in [-0.4, -0.2) is 37.6 Å². The van der Waals surface area contributed by atoms with Gasteiger partial charge in [-0.25, -0.2) is 0 Å². The molecule has 1 saturated heterocycles. The highest BCUT2D eigenvalue weighted by atomic mass is 15.1. The first-order valence-electron chi connectivity index (χ1n) is 7.30. The Labute approximate surface area is 111 Å². The minimum atomic E-state index is 0.762. The average molecular weight is 246 g/mol. The molecule has 2 nitrogen and oxygen atoms in total. The fourth-order valence-electron chi connectivity index (χ4n) is 2.62. The van der Waals surface area contributed by atoms with E-state index in [0.29, 0.717) is 0 Å². The molecular formula is C16H26N2. The highest BCUT2D eigenvalue weighted by Crippen LogP contribution is 2.08. The zero-order valence-electron chi connectivity index (χ0n) is 11.6. The van der Waals surface area contributed by atoms with Crippen molar-refractivity contribution in [2.24, 2.45) is 0 Å². The van der Waals surface area contributed by atoms with Gasteiger partial charge in [0.15, 0.2) is 0 Å². The van der Waals surface area contributed by atoms with E-state index >= 15 is 0 Å². The van der Waals surface area contributed by atoms with Crippen LogP contribution in [0.1, 0.15) is 31.2 Å². The van der Waals surface area contributed by atoms with Crippen LogP contribution in [0.2, 0.25) is 0 Å². The van der Waals surface area contributed by atoms with E-state index in [0.717, 1.165) is 6.04 Å². The number of nitrogens with zero attached hydrogens (tertiary/aromatic N) is 1. The largest absolute Gasteiger partial charge is 0.314 e. The van der Waals surface area contributed by atoms with Gasteiger partial charge in [-0.3, -0.25) is 0 Å². The molecule has 0 aliphatic carbocycles. The summed E-state index contributed by atoms with van der Waals surface area (Å²) in [4.78, 5) is 2.42. The van der Waals surface area contributed by atoms with Crippen molar-refractivity contribution in [3.05, 3.63) is 35.9 Å². The molecule has 1 N–H and O–H groups in total. The topological polar surface area (TPSA) is 15.3 Å². The molecule has 1 aromatic rings. The number of aryl methyl sites for hydroxylation is 1. The van der Waals surface area contributed by atoms with E-state index in [1.165, 1.54) is 57.3 Å². The van der Waals surface area contributed by atoms with Gasteiger partial charge in [-0.2, -0.15) is 0 Å². The van der Waals surface area contributed by atoms with E-state index in [1.54, 1.807) is 0 Å². The van der Waals surface area contributed by atoms with Crippen LogP contribution in [0, 0.1) is 0 Å². The van der Waals surface area contributed by atoms with Crippen LogP contribution in [0.5, 0.6) is 0 Å². The second-order valence-electron chi connectivity index (χ2n) is 5.47. The first-order valence-corrected chi connectivity index (χ1v) is 7.30. The molecule has 0 spiro atoms. The Morgan fingerprint density at radius 2 is 1.83 bits per heavy atom. The molecule has 0 atom stereocenters. The lowest BCUT2D eigenvalue weighted by Crippen LogP contribution is -2.41. The number of nitrogens with one attached hydrogen (secondary N) is 1. The van der Waals surface area contributed by atoms with E-state index in [9.17, 15) is 0 Å². The summed E-state index contributed by atoms with van der Waals surface area (Å²) in [7, 11) is 2.22. The van der Waals surface area contributed by atoms with Gasteiger partial charge in [0.05, 0.1) is 0 Å². The number of likely N-dealkylation sites (tertiary alicyclic amines) is 1. The third-order valence-corrected chi connectivity index (χ3v) is 3.89. The zero-order valence-corrected chi connectivity index (χ0v) is 11.6. The summed E-state index contributed by atoms with van der Waals surface area (Å²) in [6, 6.07) is 11.6. The van der Waals surface area contributed by atoms with Gasteiger partial charge < -0.3 is 10.2 Å². The standard InChI is InChI=1S/C16H26N2/c1-18-13-10-16(11-14-18)17-12-6-5-9-15-7-3-2-4-8-15/h2-4,7-8,16-17H,5-6,9-14H2,1H3. The molecule has 1 aliphatic heterocycles. The van der Waals surface area contributed by atoms with Gasteiger partial charge in [-0.05, 0) is 64.3 Å². The molecule has 18 heavy (non-hydrogen) atoms. The summed E-state index contributed by atoms with van der Waals surface area (Å²) in [6.07, 6.45) is 6.44. The van der Waals surface area contributed by atoms with E-state index in [2.05, 4.69) is 47.6 Å². The number of hydrogen-bond acceptors (Lipinski definition) is 2. The van der Waals surface area contributed by atoms with Crippen molar-refractivity contribution in [2.75, 3.05) is 26.7 Å². The van der Waals surface area contributed by atoms with Crippen molar-refractivity contribution >= 4 is 0 Å². The van der Waals surface area contributed by atoms with Crippen molar-refractivity contribution in [2.45, 2.75) is 38.1 Å². The SMILES string of the molecule is CN1CCC(NCCCCc2ccccc2)CC1. The molecule has 100 valence electrons. The van der Waals surface area contributed by atoms with Crippen molar-refractivity contribution in [1.82, 2.24) is 10.2 Å². The second kappa shape index (κ2) is 7.55. The molecular weight excluding hydrogens is 220 g/mol. The molecule has 1 aromatic carbocycles. The molecule has 2 rings (SSSR count). The predicted octanol–water partition coefficient (Wildman–Crippen LogP) is 2.69. The van der Waals surface area contributed by atoms with Gasteiger partial charge in [-0.15, -0.1) is 0 Å². The number of hydrogen-bond donors (Lipinski definition) is 1. The predicted molar refractivity (Wildman–Crippen MR) is 77.9 cm³/mol. The lowest BCUT2D eigenvalue weighted by atomic mass is 10.0.